The van der Waals surface area contributed by atoms with Gasteiger partial charge in [0.15, 0.2) is 0 Å². The SMILES string of the molecule is C/C=C\C.CC.Cc1ncc(C(F)(F)F)c(-c2cc3c(s2)C(=O)N(C2CC2)CCS3)n1. The van der Waals surface area contributed by atoms with Gasteiger partial charge >= 0.3 is 6.18 Å². The molecule has 31 heavy (non-hydrogen) atoms. The highest BCUT2D eigenvalue weighted by molar-refractivity contribution is 7.99. The lowest BCUT2D eigenvalue weighted by Crippen LogP contribution is -2.33. The van der Waals surface area contributed by atoms with E-state index in [0.717, 1.165) is 41.0 Å². The zero-order valence-corrected chi connectivity index (χ0v) is 20.0. The van der Waals surface area contributed by atoms with Crippen LogP contribution in [0, 0.1) is 6.92 Å². The number of thiophene rings is 1. The van der Waals surface area contributed by atoms with Crippen molar-refractivity contribution in [2.75, 3.05) is 12.3 Å². The Kier molecular flexibility index (Phi) is 9.12. The number of aryl methyl sites for hydroxylation is 1. The summed E-state index contributed by atoms with van der Waals surface area (Å²) in [5, 5.41) is 0. The van der Waals surface area contributed by atoms with E-state index >= 15 is 0 Å². The van der Waals surface area contributed by atoms with Crippen LogP contribution in [0.1, 0.15) is 61.6 Å². The molecule has 0 radical (unpaired) electrons. The van der Waals surface area contributed by atoms with Gasteiger partial charge in [-0.3, -0.25) is 4.79 Å². The van der Waals surface area contributed by atoms with Crippen molar-refractivity contribution in [3.8, 4) is 10.6 Å². The van der Waals surface area contributed by atoms with E-state index in [9.17, 15) is 18.0 Å². The van der Waals surface area contributed by atoms with Crippen LogP contribution in [0.3, 0.4) is 0 Å². The number of hydrogen-bond acceptors (Lipinski definition) is 5. The molecule has 1 aliphatic carbocycles. The number of thioether (sulfide) groups is 1. The van der Waals surface area contributed by atoms with Gasteiger partial charge in [0.25, 0.3) is 5.91 Å². The van der Waals surface area contributed by atoms with Crippen LogP contribution in [0.25, 0.3) is 10.6 Å². The fourth-order valence-corrected chi connectivity index (χ4v) is 5.15. The minimum Gasteiger partial charge on any atom is -0.334 e. The van der Waals surface area contributed by atoms with Crippen molar-refractivity contribution >= 4 is 29.0 Å². The van der Waals surface area contributed by atoms with E-state index in [0.29, 0.717) is 16.3 Å². The minimum absolute atomic E-state index is 0.0712. The van der Waals surface area contributed by atoms with Crippen LogP contribution in [0.4, 0.5) is 13.2 Å². The molecule has 1 aliphatic heterocycles. The van der Waals surface area contributed by atoms with E-state index in [2.05, 4.69) is 9.97 Å². The predicted molar refractivity (Wildman–Crippen MR) is 122 cm³/mol. The summed E-state index contributed by atoms with van der Waals surface area (Å²) < 4.78 is 39.9. The lowest BCUT2D eigenvalue weighted by molar-refractivity contribution is -0.137. The van der Waals surface area contributed by atoms with Gasteiger partial charge in [0.2, 0.25) is 0 Å². The number of carbonyl (C=O) groups is 1. The molecule has 9 heteroatoms. The van der Waals surface area contributed by atoms with E-state index in [4.69, 9.17) is 0 Å². The fourth-order valence-electron chi connectivity index (χ4n) is 2.83. The Morgan fingerprint density at radius 1 is 1.19 bits per heavy atom. The van der Waals surface area contributed by atoms with Gasteiger partial charge in [0.05, 0.1) is 10.6 Å². The number of nitrogens with zero attached hydrogens (tertiary/aromatic N) is 3. The zero-order valence-electron chi connectivity index (χ0n) is 18.4. The molecule has 2 aromatic heterocycles. The second-order valence-corrected chi connectivity index (χ2v) is 8.92. The van der Waals surface area contributed by atoms with Crippen molar-refractivity contribution in [2.45, 2.75) is 64.6 Å². The standard InChI is InChI=1S/C16H14F3N3OS2.C4H8.C2H6/c1-8-20-7-10(16(17,18)19)13(21-8)11-6-12-14(25-11)15(23)22(4-5-24-12)9-2-3-9;1-3-4-2;1-2/h6-7,9H,2-5H2,1H3;3-4H,1-2H3;1-2H3/b;4-3-;. The Morgan fingerprint density at radius 2 is 1.84 bits per heavy atom. The number of fused-ring (bicyclic) bond motifs is 1. The molecule has 0 N–H and O–H groups in total. The van der Waals surface area contributed by atoms with E-state index in [1.165, 1.54) is 11.8 Å². The molecule has 170 valence electrons. The fraction of sp³-hybridized carbons (Fsp3) is 0.500. The second kappa shape index (κ2) is 11.1. The van der Waals surface area contributed by atoms with Crippen molar-refractivity contribution in [2.24, 2.45) is 0 Å². The van der Waals surface area contributed by atoms with Crippen LogP contribution in [-0.2, 0) is 6.18 Å². The van der Waals surface area contributed by atoms with Gasteiger partial charge in [0.1, 0.15) is 16.3 Å². The summed E-state index contributed by atoms with van der Waals surface area (Å²) in [7, 11) is 0. The Hall–Kier alpha value is -1.87. The van der Waals surface area contributed by atoms with Crippen LogP contribution in [0.2, 0.25) is 0 Å². The third-order valence-corrected chi connectivity index (χ3v) is 6.79. The first-order valence-electron chi connectivity index (χ1n) is 10.3. The maximum absolute atomic E-state index is 13.3. The third kappa shape index (κ3) is 6.32. The summed E-state index contributed by atoms with van der Waals surface area (Å²) in [6.45, 7) is 10.2. The molecule has 4 rings (SSSR count). The zero-order chi connectivity index (χ0) is 23.2. The number of amides is 1. The lowest BCUT2D eigenvalue weighted by atomic mass is 10.2. The summed E-state index contributed by atoms with van der Waals surface area (Å²) in [5.41, 5.74) is -1.02. The molecule has 3 heterocycles. The second-order valence-electron chi connectivity index (χ2n) is 6.73. The highest BCUT2D eigenvalue weighted by atomic mass is 32.2. The van der Waals surface area contributed by atoms with Crippen molar-refractivity contribution in [3.05, 3.63) is 40.7 Å². The molecule has 0 saturated heterocycles. The number of alkyl halides is 3. The first-order chi connectivity index (χ1) is 14.8. The van der Waals surface area contributed by atoms with Gasteiger partial charge in [-0.1, -0.05) is 26.0 Å². The number of allylic oxidation sites excluding steroid dienone is 2. The molecule has 0 aromatic carbocycles. The largest absolute Gasteiger partial charge is 0.420 e. The van der Waals surface area contributed by atoms with Gasteiger partial charge in [-0.15, -0.1) is 23.1 Å². The third-order valence-electron chi connectivity index (χ3n) is 4.51. The van der Waals surface area contributed by atoms with E-state index in [1.807, 2.05) is 44.7 Å². The molecule has 1 saturated carbocycles. The molecule has 2 aromatic rings. The molecule has 0 unspecified atom stereocenters. The number of halogens is 3. The molecule has 0 bridgehead atoms. The highest BCUT2D eigenvalue weighted by Gasteiger charge is 2.38. The van der Waals surface area contributed by atoms with Gasteiger partial charge in [-0.05, 0) is 39.7 Å². The van der Waals surface area contributed by atoms with Crippen LogP contribution in [-0.4, -0.2) is 39.1 Å². The normalized spacial score (nSPS) is 16.1. The van der Waals surface area contributed by atoms with Crippen molar-refractivity contribution in [1.29, 1.82) is 0 Å². The van der Waals surface area contributed by atoms with Crippen LogP contribution in [0.5, 0.6) is 0 Å². The summed E-state index contributed by atoms with van der Waals surface area (Å²) in [6.07, 6.45) is 2.29. The topological polar surface area (TPSA) is 46.1 Å². The Balaban J connectivity index is 0.000000513. The summed E-state index contributed by atoms with van der Waals surface area (Å²) in [5.74, 6) is 0.948. The molecule has 0 atom stereocenters. The summed E-state index contributed by atoms with van der Waals surface area (Å²) in [4.78, 5) is 24.0. The molecule has 2 aliphatic rings. The average Bonchev–Trinajstić information content (AvgIpc) is 3.52. The molecule has 1 fully saturated rings. The maximum atomic E-state index is 13.3. The first kappa shape index (κ1) is 25.4. The predicted octanol–water partition coefficient (Wildman–Crippen LogP) is 6.85. The Morgan fingerprint density at radius 3 is 2.39 bits per heavy atom. The van der Waals surface area contributed by atoms with Crippen LogP contribution >= 0.6 is 23.1 Å². The highest BCUT2D eigenvalue weighted by Crippen LogP contribution is 2.44. The van der Waals surface area contributed by atoms with Crippen LogP contribution < -0.4 is 0 Å². The Bertz CT molecular complexity index is 917. The van der Waals surface area contributed by atoms with Gasteiger partial charge in [-0.2, -0.15) is 13.2 Å². The van der Waals surface area contributed by atoms with Crippen LogP contribution in [0.15, 0.2) is 29.3 Å². The summed E-state index contributed by atoms with van der Waals surface area (Å²) >= 11 is 2.61. The molecule has 4 nitrogen and oxygen atoms in total. The lowest BCUT2D eigenvalue weighted by Gasteiger charge is -2.19. The van der Waals surface area contributed by atoms with Crippen molar-refractivity contribution in [3.63, 3.8) is 0 Å². The van der Waals surface area contributed by atoms with Gasteiger partial charge in [0, 0.05) is 29.4 Å². The van der Waals surface area contributed by atoms with Gasteiger partial charge in [-0.25, -0.2) is 9.97 Å². The molecular formula is C22H28F3N3OS2. The smallest absolute Gasteiger partial charge is 0.334 e. The van der Waals surface area contributed by atoms with Crippen molar-refractivity contribution in [1.82, 2.24) is 14.9 Å². The average molecular weight is 472 g/mol. The van der Waals surface area contributed by atoms with Crippen molar-refractivity contribution < 1.29 is 18.0 Å². The van der Waals surface area contributed by atoms with E-state index in [-0.39, 0.29) is 23.5 Å². The molecular weight excluding hydrogens is 443 g/mol. The molecule has 1 amide bonds. The van der Waals surface area contributed by atoms with Gasteiger partial charge < -0.3 is 4.90 Å². The van der Waals surface area contributed by atoms with E-state index < -0.39 is 11.7 Å². The quantitative estimate of drug-likeness (QED) is 0.449. The Labute approximate surface area is 190 Å². The number of carbonyl (C=O) groups excluding carboxylic acids is 1. The first-order valence-corrected chi connectivity index (χ1v) is 12.1. The summed E-state index contributed by atoms with van der Waals surface area (Å²) in [6, 6.07) is 1.95. The number of rotatable bonds is 2. The minimum atomic E-state index is -4.54. The number of hydrogen-bond donors (Lipinski definition) is 0. The maximum Gasteiger partial charge on any atom is 0.420 e. The number of aromatic nitrogens is 2. The molecule has 0 spiro atoms. The van der Waals surface area contributed by atoms with E-state index in [1.54, 1.807) is 13.0 Å². The monoisotopic (exact) mass is 471 g/mol.